The number of aliphatic carboxylic acids is 1. The summed E-state index contributed by atoms with van der Waals surface area (Å²) in [6.07, 6.45) is 4.61. The van der Waals surface area contributed by atoms with Gasteiger partial charge >= 0.3 is 5.97 Å². The number of rotatable bonds is 4. The Morgan fingerprint density at radius 1 is 1.06 bits per heavy atom. The molecule has 0 saturated heterocycles. The molecule has 32 heavy (non-hydrogen) atoms. The Morgan fingerprint density at radius 2 is 1.69 bits per heavy atom. The SMILES string of the molecule is C=C/C=C(\C(=C/C)C(=O)O)c1c2ccc(=O)cc-2oc2cc(O)ccc12.CC.CC(C)=O. The van der Waals surface area contributed by atoms with Gasteiger partial charge < -0.3 is 19.4 Å². The zero-order chi connectivity index (χ0) is 24.4. The molecule has 1 aliphatic carbocycles. The average molecular weight is 437 g/mol. The summed E-state index contributed by atoms with van der Waals surface area (Å²) < 4.78 is 5.77. The molecule has 1 aliphatic heterocycles. The van der Waals surface area contributed by atoms with Crippen LogP contribution in [0.5, 0.6) is 5.75 Å². The van der Waals surface area contributed by atoms with Gasteiger partial charge in [0.05, 0.1) is 5.57 Å². The van der Waals surface area contributed by atoms with Crippen LogP contribution in [0.2, 0.25) is 0 Å². The number of fused-ring (bicyclic) bond motifs is 2. The fourth-order valence-electron chi connectivity index (χ4n) is 2.97. The molecular weight excluding hydrogens is 408 g/mol. The molecule has 0 unspecified atom stereocenters. The van der Waals surface area contributed by atoms with Crippen LogP contribution in [-0.2, 0) is 9.59 Å². The lowest BCUT2D eigenvalue weighted by atomic mass is 9.89. The van der Waals surface area contributed by atoms with Crippen LogP contribution in [0, 0.1) is 0 Å². The van der Waals surface area contributed by atoms with Gasteiger partial charge in [0.2, 0.25) is 0 Å². The average Bonchev–Trinajstić information content (AvgIpc) is 2.72. The number of hydrogen-bond acceptors (Lipinski definition) is 5. The molecule has 0 bridgehead atoms. The van der Waals surface area contributed by atoms with Crippen LogP contribution in [-0.4, -0.2) is 22.0 Å². The Kier molecular flexibility index (Phi) is 9.83. The number of allylic oxidation sites excluding steroid dienone is 3. The minimum atomic E-state index is -1.08. The lowest BCUT2D eigenvalue weighted by Gasteiger charge is -2.17. The molecule has 3 rings (SSSR count). The Balaban J connectivity index is 0.000000769. The van der Waals surface area contributed by atoms with E-state index in [9.17, 15) is 24.6 Å². The van der Waals surface area contributed by atoms with Crippen LogP contribution < -0.4 is 5.43 Å². The van der Waals surface area contributed by atoms with Gasteiger partial charge in [0.25, 0.3) is 0 Å². The van der Waals surface area contributed by atoms with E-state index >= 15 is 0 Å². The van der Waals surface area contributed by atoms with Crippen LogP contribution in [0.3, 0.4) is 0 Å². The second kappa shape index (κ2) is 12.1. The number of carboxylic acids is 1. The number of carbonyl (C=O) groups excluding carboxylic acids is 1. The van der Waals surface area contributed by atoms with Crippen LogP contribution in [0.4, 0.5) is 0 Å². The zero-order valence-corrected chi connectivity index (χ0v) is 18.9. The quantitative estimate of drug-likeness (QED) is 0.303. The highest BCUT2D eigenvalue weighted by molar-refractivity contribution is 6.12. The molecule has 2 N–H and O–H groups in total. The summed E-state index contributed by atoms with van der Waals surface area (Å²) in [6, 6.07) is 8.92. The van der Waals surface area contributed by atoms with E-state index in [0.717, 1.165) is 0 Å². The zero-order valence-electron chi connectivity index (χ0n) is 18.9. The van der Waals surface area contributed by atoms with Crippen LogP contribution in [0.25, 0.3) is 27.9 Å². The number of carbonyl (C=O) groups is 2. The molecule has 0 fully saturated rings. The van der Waals surface area contributed by atoms with E-state index in [-0.39, 0.29) is 22.5 Å². The van der Waals surface area contributed by atoms with Crippen molar-refractivity contribution in [2.45, 2.75) is 34.6 Å². The van der Waals surface area contributed by atoms with Crippen molar-refractivity contribution in [3.05, 3.63) is 82.6 Å². The summed E-state index contributed by atoms with van der Waals surface area (Å²) in [7, 11) is 0. The molecule has 0 amide bonds. The van der Waals surface area contributed by atoms with E-state index in [2.05, 4.69) is 6.58 Å². The summed E-state index contributed by atoms with van der Waals surface area (Å²) in [5, 5.41) is 20.0. The summed E-state index contributed by atoms with van der Waals surface area (Å²) in [5.41, 5.74) is 1.83. The maximum atomic E-state index is 11.7. The number of carboxylic acid groups (broad SMARTS) is 1. The lowest BCUT2D eigenvalue weighted by Crippen LogP contribution is -2.06. The van der Waals surface area contributed by atoms with Gasteiger partial charge in [-0.25, -0.2) is 4.79 Å². The predicted molar refractivity (Wildman–Crippen MR) is 128 cm³/mol. The van der Waals surface area contributed by atoms with Crippen LogP contribution in [0.15, 0.2) is 76.0 Å². The third-order valence-corrected chi connectivity index (χ3v) is 4.04. The number of ketones is 1. The number of benzene rings is 2. The first kappa shape index (κ1) is 26.1. The van der Waals surface area contributed by atoms with E-state index in [4.69, 9.17) is 4.42 Å². The highest BCUT2D eigenvalue weighted by atomic mass is 16.4. The molecule has 0 aromatic heterocycles. The van der Waals surface area contributed by atoms with E-state index < -0.39 is 5.97 Å². The predicted octanol–water partition coefficient (Wildman–Crippen LogP) is 5.83. The molecule has 0 atom stereocenters. The first-order chi connectivity index (χ1) is 15.2. The summed E-state index contributed by atoms with van der Waals surface area (Å²) in [4.78, 5) is 32.9. The maximum Gasteiger partial charge on any atom is 0.335 e. The van der Waals surface area contributed by atoms with Gasteiger partial charge in [0.1, 0.15) is 22.9 Å². The van der Waals surface area contributed by atoms with Gasteiger partial charge in [-0.15, -0.1) is 0 Å². The molecule has 0 saturated carbocycles. The highest BCUT2D eigenvalue weighted by Crippen LogP contribution is 2.40. The number of aromatic hydroxyl groups is 1. The van der Waals surface area contributed by atoms with Crippen molar-refractivity contribution in [1.82, 2.24) is 0 Å². The van der Waals surface area contributed by atoms with Crippen molar-refractivity contribution < 1.29 is 24.2 Å². The second-order valence-corrected chi connectivity index (χ2v) is 6.55. The Morgan fingerprint density at radius 3 is 2.22 bits per heavy atom. The number of phenols is 1. The molecule has 0 spiro atoms. The number of phenolic OH excluding ortho intramolecular Hbond substituents is 1. The van der Waals surface area contributed by atoms with Gasteiger partial charge in [-0.1, -0.05) is 38.7 Å². The first-order valence-corrected chi connectivity index (χ1v) is 10.1. The van der Waals surface area contributed by atoms with E-state index in [0.29, 0.717) is 33.4 Å². The van der Waals surface area contributed by atoms with E-state index in [1.54, 1.807) is 25.1 Å². The highest BCUT2D eigenvalue weighted by Gasteiger charge is 2.23. The molecule has 2 aliphatic rings. The van der Waals surface area contributed by atoms with Crippen molar-refractivity contribution >= 4 is 28.3 Å². The van der Waals surface area contributed by atoms with Gasteiger partial charge in [-0.3, -0.25) is 4.79 Å². The largest absolute Gasteiger partial charge is 0.508 e. The number of Topliss-reactive ketones (excluding diaryl/α,β-unsaturated/α-hetero) is 1. The van der Waals surface area contributed by atoms with Crippen molar-refractivity contribution in [3.8, 4) is 17.1 Å². The third-order valence-electron chi connectivity index (χ3n) is 4.04. The standard InChI is InChI=1S/C21H16O5.C3H6O.C2H6/c1-3-5-15(14(4-2)21(24)25)20-16-8-6-12(22)10-18(16)26-19-11-13(23)7-9-17(19)20;1-3(2)4;1-2/h3-11,22H,1H2,2H3,(H,24,25);1-2H3;1-2H3/b14-4+,15-5+;;. The van der Waals surface area contributed by atoms with Crippen molar-refractivity contribution in [3.63, 3.8) is 0 Å². The Labute approximate surface area is 187 Å². The Hall–Kier alpha value is -3.93. The van der Waals surface area contributed by atoms with Gasteiger partial charge in [-0.2, -0.15) is 0 Å². The summed E-state index contributed by atoms with van der Waals surface area (Å²) >= 11 is 0. The summed E-state index contributed by atoms with van der Waals surface area (Å²) in [5.74, 6) is -0.605. The molecule has 168 valence electrons. The molecule has 6 heteroatoms. The fourth-order valence-corrected chi connectivity index (χ4v) is 2.97. The van der Waals surface area contributed by atoms with Gasteiger partial charge in [0.15, 0.2) is 5.43 Å². The van der Waals surface area contributed by atoms with Crippen molar-refractivity contribution in [2.75, 3.05) is 0 Å². The molecule has 6 nitrogen and oxygen atoms in total. The van der Waals surface area contributed by atoms with Crippen LogP contribution in [0.1, 0.15) is 40.2 Å². The number of hydrogen-bond donors (Lipinski definition) is 2. The smallest absolute Gasteiger partial charge is 0.335 e. The van der Waals surface area contributed by atoms with E-state index in [1.807, 2.05) is 13.8 Å². The Bertz CT molecular complexity index is 1210. The fraction of sp³-hybridized carbons (Fsp3) is 0.192. The molecule has 1 heterocycles. The molecule has 0 radical (unpaired) electrons. The molecule has 1 aromatic carbocycles. The second-order valence-electron chi connectivity index (χ2n) is 6.55. The summed E-state index contributed by atoms with van der Waals surface area (Å²) in [6.45, 7) is 12.4. The van der Waals surface area contributed by atoms with Crippen molar-refractivity contribution in [1.29, 1.82) is 0 Å². The van der Waals surface area contributed by atoms with E-state index in [1.165, 1.54) is 50.3 Å². The van der Waals surface area contributed by atoms with Crippen LogP contribution >= 0.6 is 0 Å². The van der Waals surface area contributed by atoms with Gasteiger partial charge in [-0.05, 0) is 50.6 Å². The minimum absolute atomic E-state index is 0.00331. The maximum absolute atomic E-state index is 11.7. The molecular formula is C26H28O6. The first-order valence-electron chi connectivity index (χ1n) is 10.1. The topological polar surface area (TPSA) is 105 Å². The monoisotopic (exact) mass is 436 g/mol. The normalized spacial score (nSPS) is 11.2. The van der Waals surface area contributed by atoms with Crippen molar-refractivity contribution in [2.24, 2.45) is 0 Å². The van der Waals surface area contributed by atoms with Gasteiger partial charge in [0, 0.05) is 28.6 Å². The lowest BCUT2D eigenvalue weighted by molar-refractivity contribution is -0.132. The third kappa shape index (κ3) is 6.28. The molecule has 1 aromatic rings. The minimum Gasteiger partial charge on any atom is -0.508 e.